The molecule has 0 saturated carbocycles. The molecule has 2 heterocycles. The largest absolute Gasteiger partial charge is 0.449 e. The van der Waals surface area contributed by atoms with Crippen LogP contribution in [0.5, 0.6) is 0 Å². The molecule has 0 atom stereocenters. The fourth-order valence-corrected chi connectivity index (χ4v) is 5.18. The lowest BCUT2D eigenvalue weighted by Gasteiger charge is -2.32. The van der Waals surface area contributed by atoms with Crippen LogP contribution in [-0.4, -0.2) is 37.2 Å². The van der Waals surface area contributed by atoms with Crippen molar-refractivity contribution in [1.29, 1.82) is 0 Å². The lowest BCUT2D eigenvalue weighted by molar-refractivity contribution is 0.163. The van der Waals surface area contributed by atoms with Gasteiger partial charge in [-0.1, -0.05) is 38.8 Å². The van der Waals surface area contributed by atoms with E-state index in [1.165, 1.54) is 67.4 Å². The topological polar surface area (TPSA) is 41.6 Å². The van der Waals surface area contributed by atoms with Crippen molar-refractivity contribution in [3.05, 3.63) is 41.3 Å². The summed E-state index contributed by atoms with van der Waals surface area (Å²) in [5.41, 5.74) is 2.26. The molecule has 1 saturated heterocycles. The zero-order chi connectivity index (χ0) is 21.2. The molecule has 1 N–H and O–H groups in total. The van der Waals surface area contributed by atoms with Gasteiger partial charge in [-0.25, -0.2) is 4.79 Å². The third kappa shape index (κ3) is 6.58. The van der Waals surface area contributed by atoms with Crippen LogP contribution in [0.25, 0.3) is 10.1 Å². The van der Waals surface area contributed by atoms with E-state index in [0.29, 0.717) is 12.5 Å². The Morgan fingerprint density at radius 2 is 2.07 bits per heavy atom. The monoisotopic (exact) mass is 428 g/mol. The Balaban J connectivity index is 1.56. The number of anilines is 1. The van der Waals surface area contributed by atoms with E-state index >= 15 is 0 Å². The smallest absolute Gasteiger partial charge is 0.411 e. The third-order valence-corrected chi connectivity index (χ3v) is 6.86. The van der Waals surface area contributed by atoms with Crippen LogP contribution in [0.4, 0.5) is 10.5 Å². The molecule has 5 heteroatoms. The van der Waals surface area contributed by atoms with Crippen LogP contribution < -0.4 is 5.32 Å². The van der Waals surface area contributed by atoms with Gasteiger partial charge in [0.05, 0.1) is 6.61 Å². The molecule has 0 bridgehead atoms. The number of allylic oxidation sites excluding steroid dienone is 1. The number of rotatable bonds is 10. The van der Waals surface area contributed by atoms with Gasteiger partial charge in [0.1, 0.15) is 0 Å². The molecular formula is C25H36N2O2S. The van der Waals surface area contributed by atoms with E-state index in [1.54, 1.807) is 0 Å². The van der Waals surface area contributed by atoms with Crippen molar-refractivity contribution in [3.63, 3.8) is 0 Å². The Bertz CT molecular complexity index is 822. The zero-order valence-electron chi connectivity index (χ0n) is 18.5. The average Bonchev–Trinajstić information content (AvgIpc) is 3.17. The van der Waals surface area contributed by atoms with Gasteiger partial charge >= 0.3 is 6.09 Å². The van der Waals surface area contributed by atoms with Gasteiger partial charge in [0.2, 0.25) is 0 Å². The summed E-state index contributed by atoms with van der Waals surface area (Å²) in [4.78, 5) is 14.7. The maximum Gasteiger partial charge on any atom is 0.411 e. The van der Waals surface area contributed by atoms with Crippen LogP contribution in [0.1, 0.15) is 70.3 Å². The van der Waals surface area contributed by atoms with Crippen LogP contribution in [0, 0.1) is 0 Å². The summed E-state index contributed by atoms with van der Waals surface area (Å²) in [6, 6.07) is 6.20. The van der Waals surface area contributed by atoms with Crippen LogP contribution in [0.2, 0.25) is 0 Å². The van der Waals surface area contributed by atoms with E-state index in [0.717, 1.165) is 18.5 Å². The van der Waals surface area contributed by atoms with Crippen LogP contribution in [0.15, 0.2) is 35.7 Å². The normalized spacial score (nSPS) is 15.8. The Labute approximate surface area is 185 Å². The number of likely N-dealkylation sites (tertiary alicyclic amines) is 1. The summed E-state index contributed by atoms with van der Waals surface area (Å²) in [7, 11) is 0. The molecule has 30 heavy (non-hydrogen) atoms. The number of carbonyl (C=O) groups is 1. The van der Waals surface area contributed by atoms with Crippen LogP contribution in [0.3, 0.4) is 0 Å². The highest BCUT2D eigenvalue weighted by atomic mass is 32.1. The van der Waals surface area contributed by atoms with E-state index < -0.39 is 0 Å². The Morgan fingerprint density at radius 1 is 1.23 bits per heavy atom. The molecule has 0 spiro atoms. The van der Waals surface area contributed by atoms with Crippen LogP contribution >= 0.6 is 11.3 Å². The minimum atomic E-state index is -0.378. The lowest BCUT2D eigenvalue weighted by Crippen LogP contribution is -2.33. The van der Waals surface area contributed by atoms with Crippen molar-refractivity contribution < 1.29 is 9.53 Å². The van der Waals surface area contributed by atoms with Gasteiger partial charge in [-0.15, -0.1) is 11.3 Å². The quantitative estimate of drug-likeness (QED) is 0.322. The summed E-state index contributed by atoms with van der Waals surface area (Å²) in [6.07, 6.45) is 11.9. The molecule has 3 rings (SSSR count). The van der Waals surface area contributed by atoms with Crippen molar-refractivity contribution in [2.45, 2.75) is 64.7 Å². The Morgan fingerprint density at radius 3 is 2.83 bits per heavy atom. The molecule has 1 aliphatic rings. The second-order valence-electron chi connectivity index (χ2n) is 8.15. The van der Waals surface area contributed by atoms with Gasteiger partial charge in [-0.05, 0) is 92.2 Å². The summed E-state index contributed by atoms with van der Waals surface area (Å²) in [5.74, 6) is 0.619. The predicted molar refractivity (Wildman–Crippen MR) is 129 cm³/mol. The van der Waals surface area contributed by atoms with Gasteiger partial charge in [0.25, 0.3) is 0 Å². The number of ether oxygens (including phenoxy) is 1. The van der Waals surface area contributed by atoms with Gasteiger partial charge in [-0.2, -0.15) is 0 Å². The number of nitrogens with zero attached hydrogens (tertiary/aromatic N) is 1. The molecule has 1 aliphatic heterocycles. The maximum atomic E-state index is 12.1. The lowest BCUT2D eigenvalue weighted by atomic mass is 9.89. The first kappa shape index (κ1) is 22.8. The molecule has 1 aromatic carbocycles. The first-order valence-corrected chi connectivity index (χ1v) is 12.4. The van der Waals surface area contributed by atoms with E-state index in [1.807, 2.05) is 23.5 Å². The molecule has 1 aromatic heterocycles. The number of fused-ring (bicyclic) bond motifs is 1. The number of carbonyl (C=O) groups excluding carboxylic acids is 1. The second-order valence-corrected chi connectivity index (χ2v) is 9.07. The fraction of sp³-hybridized carbons (Fsp3) is 0.560. The average molecular weight is 429 g/mol. The van der Waals surface area contributed by atoms with Crippen molar-refractivity contribution >= 4 is 33.2 Å². The first-order valence-electron chi connectivity index (χ1n) is 11.5. The number of unbranched alkanes of at least 4 members (excludes halogenated alkanes) is 2. The summed E-state index contributed by atoms with van der Waals surface area (Å²) < 4.78 is 6.57. The number of amides is 1. The zero-order valence-corrected chi connectivity index (χ0v) is 19.3. The highest BCUT2D eigenvalue weighted by molar-refractivity contribution is 7.17. The number of hydrogen-bond acceptors (Lipinski definition) is 4. The van der Waals surface area contributed by atoms with E-state index in [9.17, 15) is 4.79 Å². The molecule has 164 valence electrons. The summed E-state index contributed by atoms with van der Waals surface area (Å²) in [5, 5.41) is 6.50. The number of thiophene rings is 1. The highest BCUT2D eigenvalue weighted by Gasteiger charge is 2.22. The van der Waals surface area contributed by atoms with Gasteiger partial charge < -0.3 is 9.64 Å². The minimum Gasteiger partial charge on any atom is -0.449 e. The van der Waals surface area contributed by atoms with Gasteiger partial charge in [0.15, 0.2) is 0 Å². The van der Waals surface area contributed by atoms with Gasteiger partial charge in [-0.3, -0.25) is 5.32 Å². The molecule has 1 amide bonds. The summed E-state index contributed by atoms with van der Waals surface area (Å²) >= 11 is 1.81. The third-order valence-electron chi connectivity index (χ3n) is 5.88. The number of hydrogen-bond donors (Lipinski definition) is 1. The molecule has 1 fully saturated rings. The molecule has 0 aliphatic carbocycles. The van der Waals surface area contributed by atoms with E-state index in [4.69, 9.17) is 4.74 Å². The number of nitrogens with one attached hydrogen (secondary N) is 1. The van der Waals surface area contributed by atoms with Crippen molar-refractivity contribution in [1.82, 2.24) is 4.90 Å². The van der Waals surface area contributed by atoms with Gasteiger partial charge in [0, 0.05) is 10.4 Å². The van der Waals surface area contributed by atoms with Crippen LogP contribution in [-0.2, 0) is 4.74 Å². The highest BCUT2D eigenvalue weighted by Crippen LogP contribution is 2.38. The first-order chi connectivity index (χ1) is 14.7. The number of benzene rings is 1. The van der Waals surface area contributed by atoms with Crippen molar-refractivity contribution in [2.75, 3.05) is 31.6 Å². The standard InChI is InChI=1S/C25H36N2O2S/c1-3-5-7-9-17-29-25(28)26-21-10-11-24-22(18-21)23(19-30-24)20-12-15-27(16-13-20)14-8-6-4-2/h5,7,10-11,18-20H,3-4,6,8-9,12-17H2,1-2H3,(H,26,28). The number of piperidine rings is 1. The SMILES string of the molecule is CCC=CCCOC(=O)Nc1ccc2scc(C3CCN(CCCCC)CC3)c2c1. The Hall–Kier alpha value is -1.85. The fourth-order valence-electron chi connectivity index (χ4n) is 4.15. The Kier molecular flexibility index (Phi) is 9.22. The molecule has 2 aromatic rings. The van der Waals surface area contributed by atoms with E-state index in [-0.39, 0.29) is 6.09 Å². The molecule has 4 nitrogen and oxygen atoms in total. The maximum absolute atomic E-state index is 12.1. The second kappa shape index (κ2) is 12.1. The predicted octanol–water partition coefficient (Wildman–Crippen LogP) is 7.18. The summed E-state index contributed by atoms with van der Waals surface area (Å²) in [6.45, 7) is 8.41. The van der Waals surface area contributed by atoms with Crippen molar-refractivity contribution in [2.24, 2.45) is 0 Å². The molecule has 0 unspecified atom stereocenters. The molecular weight excluding hydrogens is 392 g/mol. The minimum absolute atomic E-state index is 0.378. The molecule has 0 radical (unpaired) electrons. The van der Waals surface area contributed by atoms with E-state index in [2.05, 4.69) is 47.7 Å². The van der Waals surface area contributed by atoms with Crippen molar-refractivity contribution in [3.8, 4) is 0 Å².